The minimum Gasteiger partial charge on any atom is -0.351 e. The van der Waals surface area contributed by atoms with E-state index >= 15 is 0 Å². The molecule has 0 aliphatic heterocycles. The van der Waals surface area contributed by atoms with Gasteiger partial charge >= 0.3 is 5.69 Å². The zero-order valence-electron chi connectivity index (χ0n) is 16.9. The molecule has 0 radical (unpaired) electrons. The molecular formula is C23H22N4O3S. The average molecular weight is 435 g/mol. The van der Waals surface area contributed by atoms with Gasteiger partial charge in [-0.05, 0) is 68.4 Å². The van der Waals surface area contributed by atoms with E-state index in [-0.39, 0.29) is 17.5 Å². The Bertz CT molecular complexity index is 1470. The van der Waals surface area contributed by atoms with Crippen molar-refractivity contribution in [1.29, 1.82) is 0 Å². The molecule has 3 N–H and O–H groups in total. The molecule has 0 bridgehead atoms. The third-order valence-corrected chi connectivity index (χ3v) is 7.49. The number of H-pyrrole nitrogens is 2. The zero-order chi connectivity index (χ0) is 21.1. The maximum Gasteiger partial charge on any atom is 0.334 e. The van der Waals surface area contributed by atoms with Gasteiger partial charge in [0.1, 0.15) is 10.5 Å². The summed E-state index contributed by atoms with van der Waals surface area (Å²) in [5.41, 5.74) is 2.19. The Hall–Kier alpha value is -3.13. The molecule has 0 spiro atoms. The van der Waals surface area contributed by atoms with Gasteiger partial charge in [0.2, 0.25) is 0 Å². The molecule has 1 saturated carbocycles. The van der Waals surface area contributed by atoms with Gasteiger partial charge in [0.25, 0.3) is 11.5 Å². The van der Waals surface area contributed by atoms with E-state index in [1.807, 2.05) is 6.07 Å². The molecule has 0 atom stereocenters. The van der Waals surface area contributed by atoms with Crippen LogP contribution in [0.2, 0.25) is 0 Å². The summed E-state index contributed by atoms with van der Waals surface area (Å²) in [5.74, 6) is -0.127. The molecule has 1 fully saturated rings. The van der Waals surface area contributed by atoms with Crippen LogP contribution in [0.1, 0.15) is 53.0 Å². The summed E-state index contributed by atoms with van der Waals surface area (Å²) >= 11 is 1.55. The number of aryl methyl sites for hydroxylation is 2. The maximum absolute atomic E-state index is 13.5. The Balaban J connectivity index is 1.47. The fourth-order valence-corrected chi connectivity index (χ4v) is 5.79. The lowest BCUT2D eigenvalue weighted by Crippen LogP contribution is -2.33. The minimum atomic E-state index is -0.435. The van der Waals surface area contributed by atoms with Crippen LogP contribution >= 0.6 is 11.3 Å². The van der Waals surface area contributed by atoms with Crippen LogP contribution in [0.4, 0.5) is 0 Å². The molecule has 4 aromatic rings. The molecule has 31 heavy (non-hydrogen) atoms. The van der Waals surface area contributed by atoms with Gasteiger partial charge in [-0.2, -0.15) is 0 Å². The Labute approximate surface area is 181 Å². The maximum atomic E-state index is 13.5. The molecule has 0 saturated heterocycles. The molecule has 1 aromatic carbocycles. The molecular weight excluding hydrogens is 412 g/mol. The summed E-state index contributed by atoms with van der Waals surface area (Å²) in [6.45, 7) is 0. The normalized spacial score (nSPS) is 16.4. The quantitative estimate of drug-likeness (QED) is 0.431. The topological polar surface area (TPSA) is 99.8 Å². The SMILES string of the molecule is O=C(NC1CC1)c1cc2cc(-n3c(=O)[nH]c4sc5c(c4c3=O)CCCCC5)ccc2[nH]1. The van der Waals surface area contributed by atoms with Crippen LogP contribution in [0.25, 0.3) is 26.8 Å². The molecule has 158 valence electrons. The number of benzene rings is 1. The second-order valence-corrected chi connectivity index (χ2v) is 9.65. The zero-order valence-corrected chi connectivity index (χ0v) is 17.7. The molecule has 1 amide bonds. The number of fused-ring (bicyclic) bond motifs is 4. The van der Waals surface area contributed by atoms with Crippen molar-refractivity contribution < 1.29 is 4.79 Å². The van der Waals surface area contributed by atoms with E-state index < -0.39 is 5.69 Å². The van der Waals surface area contributed by atoms with E-state index in [9.17, 15) is 14.4 Å². The summed E-state index contributed by atoms with van der Waals surface area (Å²) in [4.78, 5) is 46.6. The van der Waals surface area contributed by atoms with Crippen molar-refractivity contribution >= 4 is 38.4 Å². The molecule has 0 unspecified atom stereocenters. The molecule has 3 heterocycles. The number of carbonyl (C=O) groups is 1. The molecule has 2 aliphatic carbocycles. The highest BCUT2D eigenvalue weighted by Crippen LogP contribution is 2.32. The highest BCUT2D eigenvalue weighted by atomic mass is 32.1. The molecule has 2 aliphatic rings. The van der Waals surface area contributed by atoms with E-state index in [1.54, 1.807) is 29.5 Å². The predicted molar refractivity (Wildman–Crippen MR) is 122 cm³/mol. The first-order chi connectivity index (χ1) is 15.1. The van der Waals surface area contributed by atoms with E-state index in [4.69, 9.17) is 0 Å². The van der Waals surface area contributed by atoms with Crippen molar-refractivity contribution in [2.75, 3.05) is 0 Å². The van der Waals surface area contributed by atoms with Crippen LogP contribution in [0.15, 0.2) is 33.9 Å². The number of carbonyl (C=O) groups excluding carboxylic acids is 1. The van der Waals surface area contributed by atoms with Crippen LogP contribution in [-0.4, -0.2) is 26.5 Å². The number of thiophene rings is 1. The monoisotopic (exact) mass is 434 g/mol. The van der Waals surface area contributed by atoms with Gasteiger partial charge < -0.3 is 10.3 Å². The third-order valence-electron chi connectivity index (χ3n) is 6.28. The Kier molecular flexibility index (Phi) is 4.17. The van der Waals surface area contributed by atoms with Crippen molar-refractivity contribution in [3.05, 3.63) is 61.2 Å². The third kappa shape index (κ3) is 3.13. The van der Waals surface area contributed by atoms with Crippen LogP contribution in [0.5, 0.6) is 0 Å². The standard InChI is InChI=1S/C23H22N4O3S/c28-20(24-13-6-7-13)17-11-12-10-14(8-9-16(12)25-17)27-22(29)19-15-4-2-1-3-5-18(15)31-21(19)26-23(27)30/h8-11,13,25H,1-7H2,(H,24,28)(H,26,30). The number of aromatic amines is 2. The number of aromatic nitrogens is 3. The number of rotatable bonds is 3. The highest BCUT2D eigenvalue weighted by molar-refractivity contribution is 7.18. The van der Waals surface area contributed by atoms with Crippen molar-refractivity contribution in [3.8, 4) is 5.69 Å². The highest BCUT2D eigenvalue weighted by Gasteiger charge is 2.25. The Morgan fingerprint density at radius 3 is 2.74 bits per heavy atom. The molecule has 6 rings (SSSR count). The summed E-state index contributed by atoms with van der Waals surface area (Å²) in [5, 5.41) is 4.41. The van der Waals surface area contributed by atoms with Gasteiger partial charge in [0.05, 0.1) is 11.1 Å². The van der Waals surface area contributed by atoms with Crippen molar-refractivity contribution in [2.24, 2.45) is 0 Å². The van der Waals surface area contributed by atoms with Gasteiger partial charge in [-0.1, -0.05) is 6.42 Å². The first kappa shape index (κ1) is 18.6. The smallest absolute Gasteiger partial charge is 0.334 e. The summed E-state index contributed by atoms with van der Waals surface area (Å²) < 4.78 is 1.22. The first-order valence-electron chi connectivity index (χ1n) is 10.8. The van der Waals surface area contributed by atoms with E-state index in [1.165, 1.54) is 15.9 Å². The predicted octanol–water partition coefficient (Wildman–Crippen LogP) is 3.38. The summed E-state index contributed by atoms with van der Waals surface area (Å²) in [6, 6.07) is 7.38. The Morgan fingerprint density at radius 2 is 1.90 bits per heavy atom. The second kappa shape index (κ2) is 6.95. The number of nitrogens with one attached hydrogen (secondary N) is 3. The van der Waals surface area contributed by atoms with Crippen LogP contribution in [0.3, 0.4) is 0 Å². The number of nitrogens with zero attached hydrogens (tertiary/aromatic N) is 1. The summed E-state index contributed by atoms with van der Waals surface area (Å²) in [6.07, 6.45) is 7.26. The van der Waals surface area contributed by atoms with Crippen LogP contribution < -0.4 is 16.6 Å². The van der Waals surface area contributed by atoms with Gasteiger partial charge in [-0.25, -0.2) is 9.36 Å². The summed E-state index contributed by atoms with van der Waals surface area (Å²) in [7, 11) is 0. The van der Waals surface area contributed by atoms with Gasteiger partial charge in [-0.15, -0.1) is 11.3 Å². The largest absolute Gasteiger partial charge is 0.351 e. The van der Waals surface area contributed by atoms with E-state index in [0.29, 0.717) is 21.6 Å². The number of hydrogen-bond acceptors (Lipinski definition) is 4. The molecule has 3 aromatic heterocycles. The van der Waals surface area contributed by atoms with E-state index in [0.717, 1.165) is 55.0 Å². The van der Waals surface area contributed by atoms with Crippen molar-refractivity contribution in [2.45, 2.75) is 51.0 Å². The van der Waals surface area contributed by atoms with Crippen molar-refractivity contribution in [3.63, 3.8) is 0 Å². The number of amides is 1. The molecule has 8 heteroatoms. The fourth-order valence-electron chi connectivity index (χ4n) is 4.52. The van der Waals surface area contributed by atoms with Crippen LogP contribution in [-0.2, 0) is 12.8 Å². The first-order valence-corrected chi connectivity index (χ1v) is 11.6. The lowest BCUT2D eigenvalue weighted by molar-refractivity contribution is 0.0947. The van der Waals surface area contributed by atoms with Gasteiger partial charge in [0, 0.05) is 21.8 Å². The van der Waals surface area contributed by atoms with Crippen LogP contribution in [0, 0.1) is 0 Å². The number of hydrogen-bond donors (Lipinski definition) is 3. The minimum absolute atomic E-state index is 0.127. The lowest BCUT2D eigenvalue weighted by atomic mass is 10.1. The van der Waals surface area contributed by atoms with Gasteiger partial charge in [0.15, 0.2) is 0 Å². The van der Waals surface area contributed by atoms with Gasteiger partial charge in [-0.3, -0.25) is 14.6 Å². The molecule has 7 nitrogen and oxygen atoms in total. The Morgan fingerprint density at radius 1 is 1.06 bits per heavy atom. The lowest BCUT2D eigenvalue weighted by Gasteiger charge is -2.06. The van der Waals surface area contributed by atoms with Crippen molar-refractivity contribution in [1.82, 2.24) is 19.9 Å². The fraction of sp³-hybridized carbons (Fsp3) is 0.348. The van der Waals surface area contributed by atoms with E-state index in [2.05, 4.69) is 15.3 Å². The second-order valence-electron chi connectivity index (χ2n) is 8.54. The average Bonchev–Trinajstić information content (AvgIpc) is 3.41.